The van der Waals surface area contributed by atoms with Gasteiger partial charge in [0.1, 0.15) is 18.1 Å². The van der Waals surface area contributed by atoms with Crippen molar-refractivity contribution in [2.45, 2.75) is 103 Å². The van der Waals surface area contributed by atoms with Crippen molar-refractivity contribution >= 4 is 5.97 Å². The highest BCUT2D eigenvalue weighted by Crippen LogP contribution is 2.45. The summed E-state index contributed by atoms with van der Waals surface area (Å²) in [5.74, 6) is -2.33. The Morgan fingerprint density at radius 3 is 2.14 bits per heavy atom. The standard InChI is InChI=1S/C30H48O6/c1-19-17-18-20(2)27-21(3)22(4)28(34-7)30(32,36-27)23(5)29(31)35-26(24-13-9-8-10-14-24)16-12-11-15-25(19)33-6/h8-10,13-14,19-23,25-28,32H,11-12,15-18H2,1-7H3. The maximum atomic E-state index is 13.5. The molecule has 6 heteroatoms. The third kappa shape index (κ3) is 6.32. The SMILES string of the molecule is COC1CCCCC(c2ccccc2)OC(=O)C(C)C2(O)OC(C(C)CCC1C)C(C)C(C)C2OC. The van der Waals surface area contributed by atoms with Crippen LogP contribution in [0.3, 0.4) is 0 Å². The lowest BCUT2D eigenvalue weighted by Gasteiger charge is -2.52. The van der Waals surface area contributed by atoms with Gasteiger partial charge in [-0.1, -0.05) is 64.4 Å². The number of methoxy groups -OCH3 is 2. The molecule has 0 aromatic heterocycles. The molecule has 2 heterocycles. The average molecular weight is 505 g/mol. The highest BCUT2D eigenvalue weighted by atomic mass is 16.7. The van der Waals surface area contributed by atoms with E-state index in [1.165, 1.54) is 0 Å². The summed E-state index contributed by atoms with van der Waals surface area (Å²) >= 11 is 0. The second-order valence-corrected chi connectivity index (χ2v) is 11.4. The van der Waals surface area contributed by atoms with Gasteiger partial charge in [-0.2, -0.15) is 0 Å². The highest BCUT2D eigenvalue weighted by Gasteiger charge is 2.57. The molecule has 0 radical (unpaired) electrons. The van der Waals surface area contributed by atoms with Gasteiger partial charge in [-0.3, -0.25) is 4.79 Å². The number of carbonyl (C=O) groups is 1. The summed E-state index contributed by atoms with van der Waals surface area (Å²) < 4.78 is 24.2. The molecule has 2 aliphatic heterocycles. The minimum absolute atomic E-state index is 0.00407. The summed E-state index contributed by atoms with van der Waals surface area (Å²) in [5, 5.41) is 11.9. The van der Waals surface area contributed by atoms with Crippen LogP contribution in [0, 0.1) is 29.6 Å². The fourth-order valence-electron chi connectivity index (χ4n) is 6.27. The molecule has 0 saturated carbocycles. The second-order valence-electron chi connectivity index (χ2n) is 11.4. The monoisotopic (exact) mass is 504 g/mol. The van der Waals surface area contributed by atoms with E-state index in [1.807, 2.05) is 30.3 Å². The predicted molar refractivity (Wildman–Crippen MR) is 140 cm³/mol. The van der Waals surface area contributed by atoms with Crippen molar-refractivity contribution < 1.29 is 28.8 Å². The van der Waals surface area contributed by atoms with Crippen LogP contribution in [0.2, 0.25) is 0 Å². The molecule has 1 N–H and O–H groups in total. The summed E-state index contributed by atoms with van der Waals surface area (Å²) in [6.45, 7) is 10.4. The zero-order valence-electron chi connectivity index (χ0n) is 23.3. The summed E-state index contributed by atoms with van der Waals surface area (Å²) in [6.07, 6.45) is 4.60. The Morgan fingerprint density at radius 1 is 0.861 bits per heavy atom. The first-order valence-electron chi connectivity index (χ1n) is 13.8. The molecule has 0 amide bonds. The zero-order valence-corrected chi connectivity index (χ0v) is 23.3. The lowest BCUT2D eigenvalue weighted by molar-refractivity contribution is -0.354. The zero-order chi connectivity index (χ0) is 26.5. The maximum Gasteiger partial charge on any atom is 0.314 e. The van der Waals surface area contributed by atoms with Crippen molar-refractivity contribution in [1.29, 1.82) is 0 Å². The highest BCUT2D eigenvalue weighted by molar-refractivity contribution is 5.73. The first kappa shape index (κ1) is 29.1. The molecule has 10 atom stereocenters. The number of hydrogen-bond donors (Lipinski definition) is 1. The molecule has 2 fully saturated rings. The number of hydrogen-bond acceptors (Lipinski definition) is 6. The largest absolute Gasteiger partial charge is 0.457 e. The van der Waals surface area contributed by atoms with Crippen LogP contribution in [0.5, 0.6) is 0 Å². The van der Waals surface area contributed by atoms with Crippen LogP contribution in [-0.4, -0.2) is 49.4 Å². The molecule has 3 rings (SSSR count). The Balaban J connectivity index is 1.95. The fraction of sp³-hybridized carbons (Fsp3) is 0.767. The van der Waals surface area contributed by atoms with E-state index in [-0.39, 0.29) is 36.1 Å². The lowest BCUT2D eigenvalue weighted by Crippen LogP contribution is -2.64. The second kappa shape index (κ2) is 12.9. The normalized spacial score (nSPS) is 41.4. The smallest absolute Gasteiger partial charge is 0.314 e. The molecule has 1 aromatic carbocycles. The number of cyclic esters (lactones) is 1. The third-order valence-corrected chi connectivity index (χ3v) is 9.00. The molecule has 204 valence electrons. The van der Waals surface area contributed by atoms with Gasteiger partial charge in [0, 0.05) is 14.2 Å². The molecule has 1 aromatic rings. The number of ether oxygens (including phenoxy) is 4. The van der Waals surface area contributed by atoms with E-state index in [4.69, 9.17) is 18.9 Å². The van der Waals surface area contributed by atoms with Gasteiger partial charge in [-0.25, -0.2) is 0 Å². The molecular weight excluding hydrogens is 456 g/mol. The van der Waals surface area contributed by atoms with Gasteiger partial charge in [-0.15, -0.1) is 0 Å². The van der Waals surface area contributed by atoms with Crippen LogP contribution < -0.4 is 0 Å². The van der Waals surface area contributed by atoms with Crippen molar-refractivity contribution in [3.63, 3.8) is 0 Å². The van der Waals surface area contributed by atoms with Gasteiger partial charge in [-0.05, 0) is 68.3 Å². The Labute approximate surface area is 218 Å². The molecule has 0 aliphatic carbocycles. The van der Waals surface area contributed by atoms with Crippen LogP contribution in [0.15, 0.2) is 30.3 Å². The molecule has 6 nitrogen and oxygen atoms in total. The fourth-order valence-corrected chi connectivity index (χ4v) is 6.27. The number of fused-ring (bicyclic) bond motifs is 2. The van der Waals surface area contributed by atoms with E-state index in [9.17, 15) is 9.90 Å². The van der Waals surface area contributed by atoms with Crippen molar-refractivity contribution in [2.75, 3.05) is 14.2 Å². The van der Waals surface area contributed by atoms with E-state index in [0.29, 0.717) is 12.3 Å². The van der Waals surface area contributed by atoms with E-state index in [0.717, 1.165) is 37.7 Å². The van der Waals surface area contributed by atoms with Crippen molar-refractivity contribution in [3.05, 3.63) is 35.9 Å². The molecule has 2 bridgehead atoms. The van der Waals surface area contributed by atoms with Gasteiger partial charge < -0.3 is 24.1 Å². The van der Waals surface area contributed by atoms with Crippen molar-refractivity contribution in [2.24, 2.45) is 29.6 Å². The first-order chi connectivity index (χ1) is 17.1. The number of esters is 1. The summed E-state index contributed by atoms with van der Waals surface area (Å²) in [6, 6.07) is 9.86. The average Bonchev–Trinajstić information content (AvgIpc) is 2.88. The minimum atomic E-state index is -1.77. The van der Waals surface area contributed by atoms with E-state index in [2.05, 4.69) is 27.7 Å². The number of aliphatic hydroxyl groups is 1. The Hall–Kier alpha value is -1.47. The van der Waals surface area contributed by atoms with Crippen LogP contribution in [-0.2, 0) is 23.7 Å². The number of rotatable bonds is 3. The molecule has 10 unspecified atom stereocenters. The number of carbonyl (C=O) groups excluding carboxylic acids is 1. The summed E-state index contributed by atoms with van der Waals surface area (Å²) in [5.41, 5.74) is 0.962. The first-order valence-corrected chi connectivity index (χ1v) is 13.8. The predicted octanol–water partition coefficient (Wildman–Crippen LogP) is 5.92. The summed E-state index contributed by atoms with van der Waals surface area (Å²) in [4.78, 5) is 13.5. The van der Waals surface area contributed by atoms with Crippen molar-refractivity contribution in [1.82, 2.24) is 0 Å². The molecular formula is C30H48O6. The maximum absolute atomic E-state index is 13.5. The summed E-state index contributed by atoms with van der Waals surface area (Å²) in [7, 11) is 3.38. The van der Waals surface area contributed by atoms with E-state index >= 15 is 0 Å². The Morgan fingerprint density at radius 2 is 1.50 bits per heavy atom. The van der Waals surface area contributed by atoms with E-state index in [1.54, 1.807) is 21.1 Å². The van der Waals surface area contributed by atoms with Gasteiger partial charge in [0.2, 0.25) is 5.79 Å². The lowest BCUT2D eigenvalue weighted by atomic mass is 9.72. The Kier molecular flexibility index (Phi) is 10.4. The third-order valence-electron chi connectivity index (χ3n) is 9.00. The van der Waals surface area contributed by atoms with Gasteiger partial charge in [0.05, 0.1) is 12.2 Å². The molecule has 2 saturated heterocycles. The van der Waals surface area contributed by atoms with Crippen LogP contribution in [0.4, 0.5) is 0 Å². The van der Waals surface area contributed by atoms with Gasteiger partial charge in [0.15, 0.2) is 0 Å². The van der Waals surface area contributed by atoms with Crippen molar-refractivity contribution in [3.8, 4) is 0 Å². The van der Waals surface area contributed by atoms with Crippen LogP contribution in [0.25, 0.3) is 0 Å². The van der Waals surface area contributed by atoms with Crippen LogP contribution in [0.1, 0.15) is 84.8 Å². The van der Waals surface area contributed by atoms with E-state index < -0.39 is 23.8 Å². The minimum Gasteiger partial charge on any atom is -0.457 e. The quantitative estimate of drug-likeness (QED) is 0.515. The Bertz CT molecular complexity index is 815. The molecule has 36 heavy (non-hydrogen) atoms. The van der Waals surface area contributed by atoms with Gasteiger partial charge >= 0.3 is 5.97 Å². The van der Waals surface area contributed by atoms with Gasteiger partial charge in [0.25, 0.3) is 0 Å². The molecule has 0 spiro atoms. The number of benzene rings is 1. The van der Waals surface area contributed by atoms with Crippen LogP contribution >= 0.6 is 0 Å². The topological polar surface area (TPSA) is 74.2 Å². The molecule has 2 aliphatic rings.